The van der Waals surface area contributed by atoms with Crippen LogP contribution in [0.1, 0.15) is 351 Å². The van der Waals surface area contributed by atoms with Crippen LogP contribution < -0.4 is 16.0 Å². The molecule has 0 saturated carbocycles. The SMILES string of the molecule is CCC1=C(C)c2cc3[nH]c(c(C)c3CC)c3[nH]c(cc4nc(cc5[nH]c(cc1n2)c(C)c5CCC(=O)NCCN(CCNC(=O)CCc1c(C)c2cc5nc(cc6[nH]c(c(C)c6CC)c6[nH]c(cc7nc(cc1[nH]2)C(CC)=C7C)c(CC)c6C)C(C)=C5CC)CCNC(=O)CCc1c(C)c2cc5nc(cc6[nH]c(c(C)c6CC)c6[nH]c(cc7nc(cc1[nH]2)C(CC)=C7C)c(CC)c6C)C(C)=C5CC)C(CC)=C4C)c(CC)c3C. The molecule has 0 aromatic carbocycles. The Morgan fingerprint density at radius 3 is 0.541 bits per heavy atom. The Bertz CT molecular complexity index is 7630. The van der Waals surface area contributed by atoms with Gasteiger partial charge in [0.15, 0.2) is 0 Å². The van der Waals surface area contributed by atoms with E-state index >= 15 is 0 Å². The summed E-state index contributed by atoms with van der Waals surface area (Å²) >= 11 is 0. The molecule has 0 radical (unpaired) electrons. The van der Waals surface area contributed by atoms with Crippen LogP contribution in [0.25, 0.3) is 166 Å². The summed E-state index contributed by atoms with van der Waals surface area (Å²) in [5.74, 6) is -0.254. The highest BCUT2D eigenvalue weighted by molar-refractivity contribution is 6.02. The van der Waals surface area contributed by atoms with E-state index in [-0.39, 0.29) is 37.0 Å². The average molecular weight is 1980 g/mol. The molecule has 12 aromatic heterocycles. The van der Waals surface area contributed by atoms with Crippen molar-refractivity contribution in [1.29, 1.82) is 0 Å². The molecule has 12 N–H and O–H groups in total. The third-order valence-electron chi connectivity index (χ3n) is 33.6. The predicted molar refractivity (Wildman–Crippen MR) is 621 cm³/mol. The lowest BCUT2D eigenvalue weighted by atomic mass is 10.0. The molecule has 18 heterocycles. The smallest absolute Gasteiger partial charge is 0.220 e. The second-order valence-corrected chi connectivity index (χ2v) is 41.6. The second kappa shape index (κ2) is 43.1. The molecular formula is C126H153N19O3. The number of hydrogen-bond acceptors (Lipinski definition) is 10. The molecule has 770 valence electrons. The quantitative estimate of drug-likeness (QED) is 0.0202. The zero-order valence-electron chi connectivity index (χ0n) is 92.8. The van der Waals surface area contributed by atoms with Crippen LogP contribution in [-0.4, -0.2) is 137 Å². The van der Waals surface area contributed by atoms with E-state index in [0.717, 1.165) is 311 Å². The molecule has 22 nitrogen and oxygen atoms in total. The van der Waals surface area contributed by atoms with Crippen LogP contribution in [0.4, 0.5) is 0 Å². The molecule has 3 amide bonds. The number of fused-ring (bicyclic) bond motifs is 33. The lowest BCUT2D eigenvalue weighted by Gasteiger charge is -2.23. The number of amides is 3. The third-order valence-corrected chi connectivity index (χ3v) is 33.6. The van der Waals surface area contributed by atoms with Crippen molar-refractivity contribution in [3.05, 3.63) is 241 Å². The first-order valence-electron chi connectivity index (χ1n) is 54.8. The Morgan fingerprint density at radius 2 is 0.372 bits per heavy atom. The Labute approximate surface area is 871 Å². The van der Waals surface area contributed by atoms with Crippen molar-refractivity contribution in [3.8, 4) is 0 Å². The number of aryl methyl sites for hydroxylation is 18. The van der Waals surface area contributed by atoms with Gasteiger partial charge in [-0.25, -0.2) is 29.9 Å². The first-order valence-corrected chi connectivity index (χ1v) is 54.8. The van der Waals surface area contributed by atoms with E-state index in [2.05, 4.69) is 325 Å². The topological polar surface area (TPSA) is 310 Å². The van der Waals surface area contributed by atoms with E-state index in [1.165, 1.54) is 100 Å². The van der Waals surface area contributed by atoms with Crippen LogP contribution >= 0.6 is 0 Å². The molecule has 0 unspecified atom stereocenters. The molecular weight excluding hydrogens is 1830 g/mol. The largest absolute Gasteiger partial charge is 0.355 e. The van der Waals surface area contributed by atoms with Gasteiger partial charge in [0.05, 0.1) is 101 Å². The number of carbonyl (C=O) groups excluding carboxylic acids is 3. The lowest BCUT2D eigenvalue weighted by molar-refractivity contribution is -0.121. The maximum Gasteiger partial charge on any atom is 0.220 e. The zero-order valence-corrected chi connectivity index (χ0v) is 92.8. The van der Waals surface area contributed by atoms with Crippen molar-refractivity contribution in [3.63, 3.8) is 0 Å². The van der Waals surface area contributed by atoms with Gasteiger partial charge in [0.25, 0.3) is 0 Å². The van der Waals surface area contributed by atoms with Gasteiger partial charge in [-0.15, -0.1) is 0 Å². The summed E-state index contributed by atoms with van der Waals surface area (Å²) in [5, 5.41) is 10.0. The fraction of sp³-hybridized carbons (Fsp3) is 0.405. The van der Waals surface area contributed by atoms with E-state index in [1.807, 2.05) is 0 Å². The molecule has 0 aliphatic carbocycles. The summed E-state index contributed by atoms with van der Waals surface area (Å²) in [6.07, 6.45) is 12.0. The number of H-pyrrole nitrogens is 9. The molecule has 18 rings (SSSR count). The van der Waals surface area contributed by atoms with Gasteiger partial charge in [-0.3, -0.25) is 19.3 Å². The van der Waals surface area contributed by atoms with E-state index in [9.17, 15) is 14.4 Å². The molecule has 0 fully saturated rings. The Balaban J connectivity index is 0.654. The standard InChI is InChI=1S/C126H153N19O3/c1-28-79-64(13)94-55-109-85(34-7)73(22)121(139-109)124-76(25)88(37-10)112(142-124)58-97-67(16)82(31-4)106(133-97)61-115-91(70(19)100(136-115)52-103(79)130-94)40-43-118(146)127-46-49-145(50-47-128-119(147)44-41-92-71(20)101-53-104-80(29-2)65(14)95(131-104)56-110-86(35-8)74(23)122(140-110)125-77(26)89(38-11)113(143-125)59-98-68(17)83(32-5)107(134-98)62-116(92)137-101)51-48-129-120(148)45-42-93-72(21)102-54-105-81(30-3)66(15)96(132-105)57-111-87(36-9)75(24)123(141-111)126-78(27)90(39-12)114(144-126)60-99-69(18)84(33-6)108(135-99)63-117(93)138-102/h52-63,136-144H,28-51H2,1-27H3,(H,127,146)(H,128,147)(H,129,148). The van der Waals surface area contributed by atoms with Gasteiger partial charge < -0.3 is 60.8 Å². The molecule has 6 aliphatic rings. The Hall–Kier alpha value is -14.0. The van der Waals surface area contributed by atoms with Gasteiger partial charge in [0, 0.05) is 125 Å². The summed E-state index contributed by atoms with van der Waals surface area (Å²) in [6, 6.07) is 26.6. The van der Waals surface area contributed by atoms with E-state index in [1.54, 1.807) is 0 Å². The normalized spacial score (nSPS) is 13.5. The zero-order chi connectivity index (χ0) is 105. The number of hydrogen-bond donors (Lipinski definition) is 12. The molecule has 0 saturated heterocycles. The highest BCUT2D eigenvalue weighted by Crippen LogP contribution is 2.45. The maximum absolute atomic E-state index is 14.8. The highest BCUT2D eigenvalue weighted by atomic mass is 16.2. The second-order valence-electron chi connectivity index (χ2n) is 41.6. The monoisotopic (exact) mass is 1980 g/mol. The minimum atomic E-state index is -0.0845. The number of aromatic amines is 9. The average Bonchev–Trinajstić information content (AvgIpc) is 1.61. The fourth-order valence-corrected chi connectivity index (χ4v) is 24.7. The Kier molecular flexibility index (Phi) is 30.2. The predicted octanol–water partition coefficient (Wildman–Crippen LogP) is 28.7. The number of aromatic nitrogens is 15. The number of nitrogens with zero attached hydrogens (tertiary/aromatic N) is 7. The summed E-state index contributed by atoms with van der Waals surface area (Å²) in [5.41, 5.74) is 65.0. The van der Waals surface area contributed by atoms with Gasteiger partial charge in [-0.2, -0.15) is 0 Å². The van der Waals surface area contributed by atoms with E-state index in [4.69, 9.17) is 29.9 Å². The van der Waals surface area contributed by atoms with Crippen molar-refractivity contribution in [2.45, 2.75) is 303 Å². The fourth-order valence-electron chi connectivity index (χ4n) is 24.7. The van der Waals surface area contributed by atoms with Gasteiger partial charge in [-0.1, -0.05) is 83.1 Å². The van der Waals surface area contributed by atoms with Crippen molar-refractivity contribution in [2.24, 2.45) is 0 Å². The van der Waals surface area contributed by atoms with Crippen LogP contribution in [0.5, 0.6) is 0 Å². The number of carbonyl (C=O) groups is 3. The van der Waals surface area contributed by atoms with Crippen molar-refractivity contribution >= 4 is 184 Å². The molecule has 30 bridgehead atoms. The Morgan fingerprint density at radius 1 is 0.209 bits per heavy atom. The summed E-state index contributed by atoms with van der Waals surface area (Å²) < 4.78 is 0. The van der Waals surface area contributed by atoms with Gasteiger partial charge in [0.2, 0.25) is 17.7 Å². The molecule has 6 aliphatic heterocycles. The molecule has 12 aromatic rings. The van der Waals surface area contributed by atoms with Crippen molar-refractivity contribution < 1.29 is 14.4 Å². The van der Waals surface area contributed by atoms with Crippen LogP contribution in [0.15, 0.2) is 72.8 Å². The summed E-state index contributed by atoms with van der Waals surface area (Å²) in [6.45, 7) is 62.0. The lowest BCUT2D eigenvalue weighted by Crippen LogP contribution is -2.43. The highest BCUT2D eigenvalue weighted by Gasteiger charge is 2.29. The summed E-state index contributed by atoms with van der Waals surface area (Å²) in [4.78, 5) is 115. The van der Waals surface area contributed by atoms with Crippen LogP contribution in [0.3, 0.4) is 0 Å². The first kappa shape index (κ1) is 104. The molecule has 148 heavy (non-hydrogen) atoms. The molecule has 0 atom stereocenters. The van der Waals surface area contributed by atoms with Crippen LogP contribution in [0.2, 0.25) is 0 Å². The summed E-state index contributed by atoms with van der Waals surface area (Å²) in [7, 11) is 0. The van der Waals surface area contributed by atoms with E-state index < -0.39 is 0 Å². The van der Waals surface area contributed by atoms with Gasteiger partial charge in [0.1, 0.15) is 0 Å². The van der Waals surface area contributed by atoms with Gasteiger partial charge >= 0.3 is 0 Å². The molecule has 22 heteroatoms. The molecule has 0 spiro atoms. The minimum absolute atomic E-state index is 0.0845. The van der Waals surface area contributed by atoms with Crippen molar-refractivity contribution in [2.75, 3.05) is 39.3 Å². The van der Waals surface area contributed by atoms with Crippen LogP contribution in [-0.2, 0) is 72.2 Å². The number of allylic oxidation sites excluding steroid dienone is 12. The van der Waals surface area contributed by atoms with E-state index in [0.29, 0.717) is 58.5 Å². The number of nitrogens with one attached hydrogen (secondary N) is 12. The van der Waals surface area contributed by atoms with Gasteiger partial charge in [-0.05, 0) is 440 Å². The number of rotatable bonds is 30. The minimum Gasteiger partial charge on any atom is -0.355 e. The first-order chi connectivity index (χ1) is 71.2. The third kappa shape index (κ3) is 19.3. The maximum atomic E-state index is 14.8. The van der Waals surface area contributed by atoms with Crippen molar-refractivity contribution in [1.82, 2.24) is 95.6 Å². The van der Waals surface area contributed by atoms with Crippen LogP contribution in [0, 0.1) is 62.3 Å².